The van der Waals surface area contributed by atoms with Gasteiger partial charge in [-0.15, -0.1) is 0 Å². The van der Waals surface area contributed by atoms with Gasteiger partial charge in [0.1, 0.15) is 0 Å². The van der Waals surface area contributed by atoms with Crippen LogP contribution in [0.3, 0.4) is 0 Å². The molecule has 0 radical (unpaired) electrons. The van der Waals surface area contributed by atoms with Gasteiger partial charge in [-0.3, -0.25) is 0 Å². The van der Waals surface area contributed by atoms with Crippen molar-refractivity contribution in [1.82, 2.24) is 10.6 Å². The van der Waals surface area contributed by atoms with Crippen molar-refractivity contribution in [2.75, 3.05) is 39.5 Å². The molecule has 2 aliphatic heterocycles. The largest absolute Gasteiger partial charge is 0.381 e. The second-order valence-corrected chi connectivity index (χ2v) is 6.73. The lowest BCUT2D eigenvalue weighted by molar-refractivity contribution is -0.00596. The van der Waals surface area contributed by atoms with Gasteiger partial charge in [-0.25, -0.2) is 0 Å². The smallest absolute Gasteiger partial charge is 0.0643 e. The van der Waals surface area contributed by atoms with E-state index in [0.717, 1.165) is 51.4 Å². The van der Waals surface area contributed by atoms with Crippen molar-refractivity contribution in [3.63, 3.8) is 0 Å². The van der Waals surface area contributed by atoms with E-state index in [-0.39, 0.29) is 0 Å². The summed E-state index contributed by atoms with van der Waals surface area (Å²) in [4.78, 5) is 0. The first kappa shape index (κ1) is 17.9. The maximum absolute atomic E-state index is 5.27. The van der Waals surface area contributed by atoms with Gasteiger partial charge in [0.05, 0.1) is 19.3 Å². The van der Waals surface area contributed by atoms with E-state index >= 15 is 0 Å². The summed E-state index contributed by atoms with van der Waals surface area (Å²) in [5.74, 6) is 1.52. The van der Waals surface area contributed by atoms with Crippen LogP contribution >= 0.6 is 0 Å². The second kappa shape index (κ2) is 10.6. The Kier molecular flexibility index (Phi) is 9.44. The Balaban J connectivity index is 0.000000204. The van der Waals surface area contributed by atoms with Gasteiger partial charge in [-0.1, -0.05) is 27.7 Å². The maximum Gasteiger partial charge on any atom is 0.0643 e. The molecule has 2 heterocycles. The first-order valence-corrected chi connectivity index (χ1v) is 8.20. The molecule has 0 saturated carbocycles. The third-order valence-electron chi connectivity index (χ3n) is 3.49. The van der Waals surface area contributed by atoms with Crippen LogP contribution in [0.2, 0.25) is 0 Å². The highest BCUT2D eigenvalue weighted by molar-refractivity contribution is 4.72. The van der Waals surface area contributed by atoms with E-state index in [0.29, 0.717) is 12.1 Å². The van der Waals surface area contributed by atoms with Crippen molar-refractivity contribution in [2.24, 2.45) is 11.8 Å². The van der Waals surface area contributed by atoms with Gasteiger partial charge in [-0.2, -0.15) is 0 Å². The first-order valence-electron chi connectivity index (χ1n) is 8.20. The van der Waals surface area contributed by atoms with Crippen LogP contribution in [0.25, 0.3) is 0 Å². The van der Waals surface area contributed by atoms with Gasteiger partial charge in [0.2, 0.25) is 0 Å². The molecule has 0 unspecified atom stereocenters. The predicted molar refractivity (Wildman–Crippen MR) is 84.1 cm³/mol. The monoisotopic (exact) mass is 286 g/mol. The van der Waals surface area contributed by atoms with Crippen LogP contribution in [-0.4, -0.2) is 51.6 Å². The van der Waals surface area contributed by atoms with Crippen molar-refractivity contribution in [3.8, 4) is 0 Å². The molecule has 20 heavy (non-hydrogen) atoms. The predicted octanol–water partition coefficient (Wildman–Crippen LogP) is 2.04. The van der Waals surface area contributed by atoms with Crippen LogP contribution in [0.1, 0.15) is 40.5 Å². The van der Waals surface area contributed by atoms with Crippen LogP contribution in [0.5, 0.6) is 0 Å². The van der Waals surface area contributed by atoms with E-state index in [1.54, 1.807) is 0 Å². The Morgan fingerprint density at radius 3 is 1.70 bits per heavy atom. The molecule has 0 spiro atoms. The van der Waals surface area contributed by atoms with E-state index in [1.165, 1.54) is 12.8 Å². The Morgan fingerprint density at radius 1 is 0.800 bits per heavy atom. The highest BCUT2D eigenvalue weighted by atomic mass is 16.5. The van der Waals surface area contributed by atoms with E-state index in [1.807, 2.05) is 0 Å². The lowest BCUT2D eigenvalue weighted by Crippen LogP contribution is -2.47. The summed E-state index contributed by atoms with van der Waals surface area (Å²) >= 11 is 0. The Morgan fingerprint density at radius 2 is 1.30 bits per heavy atom. The molecular formula is C16H34N2O2. The Labute approximate surface area is 125 Å². The van der Waals surface area contributed by atoms with Gasteiger partial charge >= 0.3 is 0 Å². The molecule has 0 atom stereocenters. The summed E-state index contributed by atoms with van der Waals surface area (Å²) < 4.78 is 10.3. The molecule has 0 aromatic rings. The number of hydrogen-bond acceptors (Lipinski definition) is 4. The average molecular weight is 286 g/mol. The van der Waals surface area contributed by atoms with E-state index in [4.69, 9.17) is 9.47 Å². The van der Waals surface area contributed by atoms with Crippen molar-refractivity contribution in [3.05, 3.63) is 0 Å². The van der Waals surface area contributed by atoms with Crippen LogP contribution in [0.15, 0.2) is 0 Å². The minimum atomic E-state index is 0.646. The van der Waals surface area contributed by atoms with Crippen LogP contribution in [0, 0.1) is 11.8 Å². The molecule has 2 rings (SSSR count). The average Bonchev–Trinajstić information content (AvgIpc) is 2.36. The minimum Gasteiger partial charge on any atom is -0.381 e. The van der Waals surface area contributed by atoms with Crippen molar-refractivity contribution in [2.45, 2.75) is 52.6 Å². The van der Waals surface area contributed by atoms with Gasteiger partial charge in [-0.05, 0) is 37.8 Å². The molecule has 4 heteroatoms. The summed E-state index contributed by atoms with van der Waals surface area (Å²) in [6.07, 6.45) is 2.37. The molecule has 2 aliphatic rings. The SMILES string of the molecule is CC(C)CNC1CCOCC1.CC(C)CNC1COC1. The molecule has 2 saturated heterocycles. The lowest BCUT2D eigenvalue weighted by atomic mass is 10.1. The fraction of sp³-hybridized carbons (Fsp3) is 1.00. The summed E-state index contributed by atoms with van der Waals surface area (Å²) in [5.41, 5.74) is 0. The first-order chi connectivity index (χ1) is 9.58. The fourth-order valence-corrected chi connectivity index (χ4v) is 2.06. The number of ether oxygens (including phenoxy) is 2. The van der Waals surface area contributed by atoms with Crippen molar-refractivity contribution < 1.29 is 9.47 Å². The quantitative estimate of drug-likeness (QED) is 0.784. The van der Waals surface area contributed by atoms with Crippen molar-refractivity contribution in [1.29, 1.82) is 0 Å². The summed E-state index contributed by atoms with van der Waals surface area (Å²) in [6.45, 7) is 14.9. The van der Waals surface area contributed by atoms with E-state index < -0.39 is 0 Å². The third-order valence-corrected chi connectivity index (χ3v) is 3.49. The summed E-state index contributed by atoms with van der Waals surface area (Å²) in [6, 6.07) is 1.36. The van der Waals surface area contributed by atoms with Crippen LogP contribution in [0.4, 0.5) is 0 Å². The summed E-state index contributed by atoms with van der Waals surface area (Å²) in [7, 11) is 0. The molecule has 0 aliphatic carbocycles. The number of nitrogens with one attached hydrogen (secondary N) is 2. The molecule has 4 nitrogen and oxygen atoms in total. The van der Waals surface area contributed by atoms with Gasteiger partial charge in [0.25, 0.3) is 0 Å². The van der Waals surface area contributed by atoms with Gasteiger partial charge in [0.15, 0.2) is 0 Å². The fourth-order valence-electron chi connectivity index (χ4n) is 2.06. The zero-order valence-corrected chi connectivity index (χ0v) is 13.8. The number of hydrogen-bond donors (Lipinski definition) is 2. The minimum absolute atomic E-state index is 0.646. The molecule has 0 aromatic carbocycles. The molecular weight excluding hydrogens is 252 g/mol. The molecule has 0 aromatic heterocycles. The van der Waals surface area contributed by atoms with Crippen LogP contribution in [-0.2, 0) is 9.47 Å². The normalized spacial score (nSPS) is 20.7. The molecule has 0 amide bonds. The van der Waals surface area contributed by atoms with Crippen molar-refractivity contribution >= 4 is 0 Å². The lowest BCUT2D eigenvalue weighted by Gasteiger charge is -2.27. The highest BCUT2D eigenvalue weighted by Crippen LogP contribution is 2.06. The van der Waals surface area contributed by atoms with Gasteiger partial charge in [0, 0.05) is 19.3 Å². The Bertz CT molecular complexity index is 225. The Hall–Kier alpha value is -0.160. The zero-order chi connectivity index (χ0) is 14.8. The molecule has 2 fully saturated rings. The second-order valence-electron chi connectivity index (χ2n) is 6.73. The third kappa shape index (κ3) is 8.90. The maximum atomic E-state index is 5.27. The molecule has 2 N–H and O–H groups in total. The summed E-state index contributed by atoms with van der Waals surface area (Å²) in [5, 5.41) is 6.93. The number of rotatable bonds is 6. The van der Waals surface area contributed by atoms with Gasteiger partial charge < -0.3 is 20.1 Å². The molecule has 0 bridgehead atoms. The van der Waals surface area contributed by atoms with E-state index in [9.17, 15) is 0 Å². The zero-order valence-electron chi connectivity index (χ0n) is 13.8. The van der Waals surface area contributed by atoms with Crippen LogP contribution < -0.4 is 10.6 Å². The molecule has 120 valence electrons. The topological polar surface area (TPSA) is 42.5 Å². The standard InChI is InChI=1S/C9H19NO.C7H15NO/c1-8(2)7-10-9-3-5-11-6-4-9;1-6(2)3-8-7-4-9-5-7/h8-10H,3-7H2,1-2H3;6-8H,3-5H2,1-2H3. The van der Waals surface area contributed by atoms with E-state index in [2.05, 4.69) is 38.3 Å². The highest BCUT2D eigenvalue weighted by Gasteiger charge is 2.16.